The molecule has 1 atom stereocenters. The lowest BCUT2D eigenvalue weighted by Gasteiger charge is -2.35. The minimum Gasteiger partial charge on any atom is -0.485 e. The quantitative estimate of drug-likeness (QED) is 0.648. The Morgan fingerprint density at radius 1 is 1.29 bits per heavy atom. The van der Waals surface area contributed by atoms with Gasteiger partial charge in [-0.1, -0.05) is 23.4 Å². The van der Waals surface area contributed by atoms with E-state index in [2.05, 4.69) is 15.5 Å². The third-order valence-corrected chi connectivity index (χ3v) is 5.26. The molecule has 3 aromatic rings. The Morgan fingerprint density at radius 3 is 2.94 bits per heavy atom. The van der Waals surface area contributed by atoms with Crippen LogP contribution in [0.2, 0.25) is 0 Å². The first-order valence-corrected chi connectivity index (χ1v) is 10.3. The molecule has 2 aromatic carbocycles. The Labute approximate surface area is 180 Å². The second-order valence-electron chi connectivity index (χ2n) is 7.73. The van der Waals surface area contributed by atoms with Crippen molar-refractivity contribution >= 4 is 11.6 Å². The van der Waals surface area contributed by atoms with Gasteiger partial charge in [-0.2, -0.15) is 4.98 Å². The van der Waals surface area contributed by atoms with Crippen molar-refractivity contribution in [1.29, 1.82) is 0 Å². The van der Waals surface area contributed by atoms with E-state index in [1.807, 2.05) is 17.9 Å². The smallest absolute Gasteiger partial charge is 0.255 e. The summed E-state index contributed by atoms with van der Waals surface area (Å²) >= 11 is 0. The number of amides is 1. The van der Waals surface area contributed by atoms with Crippen LogP contribution in [0.1, 0.15) is 40.5 Å². The SMILES string of the molecule is Cc1ccc(F)c(N2CCCC(NC(=O)c3ccccc3OCc3noc(C)n3)C2)c1. The van der Waals surface area contributed by atoms with E-state index < -0.39 is 0 Å². The van der Waals surface area contributed by atoms with E-state index >= 15 is 0 Å². The molecule has 1 saturated heterocycles. The zero-order valence-corrected chi connectivity index (χ0v) is 17.6. The van der Waals surface area contributed by atoms with Crippen LogP contribution in [-0.4, -0.2) is 35.2 Å². The summed E-state index contributed by atoms with van der Waals surface area (Å²) in [7, 11) is 0. The lowest BCUT2D eigenvalue weighted by molar-refractivity contribution is 0.0928. The van der Waals surface area contributed by atoms with Crippen molar-refractivity contribution in [3.05, 3.63) is 71.1 Å². The number of carbonyl (C=O) groups excluding carboxylic acids is 1. The predicted octanol–water partition coefficient (Wildman–Crippen LogP) is 3.80. The summed E-state index contributed by atoms with van der Waals surface area (Å²) in [5.41, 5.74) is 2.02. The first-order valence-electron chi connectivity index (χ1n) is 10.3. The van der Waals surface area contributed by atoms with Crippen molar-refractivity contribution in [2.75, 3.05) is 18.0 Å². The molecule has 1 N–H and O–H groups in total. The van der Waals surface area contributed by atoms with Crippen LogP contribution in [0, 0.1) is 19.7 Å². The van der Waals surface area contributed by atoms with Gasteiger partial charge >= 0.3 is 0 Å². The van der Waals surface area contributed by atoms with E-state index in [9.17, 15) is 9.18 Å². The highest BCUT2D eigenvalue weighted by Gasteiger charge is 2.25. The average Bonchev–Trinajstić information content (AvgIpc) is 3.19. The Hall–Kier alpha value is -3.42. The summed E-state index contributed by atoms with van der Waals surface area (Å²) in [4.78, 5) is 19.1. The van der Waals surface area contributed by atoms with Crippen molar-refractivity contribution in [1.82, 2.24) is 15.5 Å². The maximum Gasteiger partial charge on any atom is 0.255 e. The predicted molar refractivity (Wildman–Crippen MR) is 114 cm³/mol. The second kappa shape index (κ2) is 9.16. The number of carbonyl (C=O) groups is 1. The normalized spacial score (nSPS) is 16.2. The summed E-state index contributed by atoms with van der Waals surface area (Å²) in [6, 6.07) is 12.0. The van der Waals surface area contributed by atoms with Gasteiger partial charge in [-0.05, 0) is 49.6 Å². The summed E-state index contributed by atoms with van der Waals surface area (Å²) in [6.45, 7) is 5.06. The van der Waals surface area contributed by atoms with Crippen molar-refractivity contribution in [2.24, 2.45) is 0 Å². The molecule has 1 aromatic heterocycles. The Kier molecular flexibility index (Phi) is 6.16. The topological polar surface area (TPSA) is 80.5 Å². The summed E-state index contributed by atoms with van der Waals surface area (Å²) < 4.78 is 25.0. The molecular formula is C23H25FN4O3. The summed E-state index contributed by atoms with van der Waals surface area (Å²) in [5.74, 6) is 0.844. The molecule has 0 aliphatic carbocycles. The lowest BCUT2D eigenvalue weighted by atomic mass is 10.0. The molecule has 0 spiro atoms. The number of ether oxygens (including phenoxy) is 1. The minimum absolute atomic E-state index is 0.0888. The first kappa shape index (κ1) is 20.8. The zero-order valence-electron chi connectivity index (χ0n) is 17.6. The minimum atomic E-state index is -0.243. The Morgan fingerprint density at radius 2 is 2.13 bits per heavy atom. The number of nitrogens with zero attached hydrogens (tertiary/aromatic N) is 3. The van der Waals surface area contributed by atoms with Crippen LogP contribution in [0.4, 0.5) is 10.1 Å². The van der Waals surface area contributed by atoms with Gasteiger partial charge in [0, 0.05) is 26.1 Å². The van der Waals surface area contributed by atoms with E-state index in [1.54, 1.807) is 37.3 Å². The number of benzene rings is 2. The van der Waals surface area contributed by atoms with E-state index in [0.29, 0.717) is 35.3 Å². The molecule has 4 rings (SSSR count). The van der Waals surface area contributed by atoms with E-state index in [-0.39, 0.29) is 24.4 Å². The van der Waals surface area contributed by atoms with Crippen molar-refractivity contribution in [2.45, 2.75) is 39.3 Å². The third-order valence-electron chi connectivity index (χ3n) is 5.26. The van der Waals surface area contributed by atoms with E-state index in [0.717, 1.165) is 24.9 Å². The molecule has 0 bridgehead atoms. The highest BCUT2D eigenvalue weighted by molar-refractivity contribution is 5.97. The lowest BCUT2D eigenvalue weighted by Crippen LogP contribution is -2.48. The fraction of sp³-hybridized carbons (Fsp3) is 0.348. The Bertz CT molecular complexity index is 1070. The van der Waals surface area contributed by atoms with Gasteiger partial charge < -0.3 is 19.5 Å². The van der Waals surface area contributed by atoms with Gasteiger partial charge in [0.2, 0.25) is 11.7 Å². The molecule has 1 fully saturated rings. The highest BCUT2D eigenvalue weighted by Crippen LogP contribution is 2.25. The maximum atomic E-state index is 14.3. The largest absolute Gasteiger partial charge is 0.485 e. The van der Waals surface area contributed by atoms with Gasteiger partial charge in [-0.25, -0.2) is 4.39 Å². The van der Waals surface area contributed by atoms with Gasteiger partial charge in [0.05, 0.1) is 11.3 Å². The number of piperidine rings is 1. The molecule has 0 radical (unpaired) electrons. The fourth-order valence-corrected chi connectivity index (χ4v) is 3.76. The molecule has 1 unspecified atom stereocenters. The van der Waals surface area contributed by atoms with Gasteiger partial charge in [-0.15, -0.1) is 0 Å². The number of aromatic nitrogens is 2. The Balaban J connectivity index is 1.42. The monoisotopic (exact) mass is 424 g/mol. The van der Waals surface area contributed by atoms with E-state index in [4.69, 9.17) is 9.26 Å². The molecule has 1 aliphatic rings. The number of aryl methyl sites for hydroxylation is 2. The molecule has 0 saturated carbocycles. The number of hydrogen-bond donors (Lipinski definition) is 1. The average molecular weight is 424 g/mol. The van der Waals surface area contributed by atoms with Crippen molar-refractivity contribution in [3.8, 4) is 5.75 Å². The van der Waals surface area contributed by atoms with Crippen LogP contribution < -0.4 is 15.0 Å². The fourth-order valence-electron chi connectivity index (χ4n) is 3.76. The van der Waals surface area contributed by atoms with Crippen LogP contribution in [0.5, 0.6) is 5.75 Å². The third kappa shape index (κ3) is 5.02. The molecule has 31 heavy (non-hydrogen) atoms. The molecule has 1 amide bonds. The second-order valence-corrected chi connectivity index (χ2v) is 7.73. The van der Waals surface area contributed by atoms with Crippen LogP contribution in [0.15, 0.2) is 47.0 Å². The van der Waals surface area contributed by atoms with Crippen molar-refractivity contribution in [3.63, 3.8) is 0 Å². The zero-order chi connectivity index (χ0) is 21.8. The highest BCUT2D eigenvalue weighted by atomic mass is 19.1. The van der Waals surface area contributed by atoms with Gasteiger partial charge in [-0.3, -0.25) is 4.79 Å². The molecule has 8 heteroatoms. The van der Waals surface area contributed by atoms with Crippen LogP contribution in [0.3, 0.4) is 0 Å². The number of halogens is 1. The molecular weight excluding hydrogens is 399 g/mol. The van der Waals surface area contributed by atoms with Crippen LogP contribution in [-0.2, 0) is 6.61 Å². The first-order chi connectivity index (χ1) is 15.0. The molecule has 7 nitrogen and oxygen atoms in total. The number of nitrogens with one attached hydrogen (secondary N) is 1. The maximum absolute atomic E-state index is 14.3. The summed E-state index contributed by atoms with van der Waals surface area (Å²) in [6.07, 6.45) is 1.70. The number of hydrogen-bond acceptors (Lipinski definition) is 6. The van der Waals surface area contributed by atoms with Gasteiger partial charge in [0.1, 0.15) is 11.6 Å². The number of para-hydroxylation sites is 1. The summed E-state index contributed by atoms with van der Waals surface area (Å²) in [5, 5.41) is 6.88. The molecule has 1 aliphatic heterocycles. The standard InChI is InChI=1S/C23H25FN4O3/c1-15-9-10-19(24)20(12-15)28-11-5-6-17(13-28)26-23(29)18-7-3-4-8-21(18)30-14-22-25-16(2)31-27-22/h3-4,7-10,12,17H,5-6,11,13-14H2,1-2H3,(H,26,29). The van der Waals surface area contributed by atoms with Crippen LogP contribution >= 0.6 is 0 Å². The van der Waals surface area contributed by atoms with Gasteiger partial charge in [0.25, 0.3) is 5.91 Å². The molecule has 2 heterocycles. The number of anilines is 1. The molecule has 162 valence electrons. The van der Waals surface area contributed by atoms with Gasteiger partial charge in [0.15, 0.2) is 6.61 Å². The van der Waals surface area contributed by atoms with E-state index in [1.165, 1.54) is 6.07 Å². The van der Waals surface area contributed by atoms with Crippen molar-refractivity contribution < 1.29 is 18.4 Å². The van der Waals surface area contributed by atoms with Crippen LogP contribution in [0.25, 0.3) is 0 Å². The number of rotatable bonds is 6.